The van der Waals surface area contributed by atoms with Gasteiger partial charge in [0.25, 0.3) is 5.69 Å². The van der Waals surface area contributed by atoms with Crippen molar-refractivity contribution in [2.75, 3.05) is 0 Å². The first kappa shape index (κ1) is 13.7. The van der Waals surface area contributed by atoms with E-state index in [1.807, 2.05) is 0 Å². The van der Waals surface area contributed by atoms with Gasteiger partial charge in [0, 0.05) is 12.3 Å². The normalized spacial score (nSPS) is 10.1. The topological polar surface area (TPSA) is 82.3 Å². The molecule has 102 valence electrons. The van der Waals surface area contributed by atoms with E-state index >= 15 is 0 Å². The van der Waals surface area contributed by atoms with Gasteiger partial charge in [0.2, 0.25) is 0 Å². The third-order valence-electron chi connectivity index (χ3n) is 2.73. The smallest absolute Gasteiger partial charge is 0.345 e. The molecule has 1 aromatic carbocycles. The maximum absolute atomic E-state index is 12.0. The largest absolute Gasteiger partial charge is 0.455 e. The molecule has 0 saturated carbocycles. The SMILES string of the molecule is Cc1cccc([N+](=O)[O-])c1C(=O)OCc1ccccn1. The highest BCUT2D eigenvalue weighted by Crippen LogP contribution is 2.23. The standard InChI is InChI=1S/C14H12N2O4/c1-10-5-4-7-12(16(18)19)13(10)14(17)20-9-11-6-2-3-8-15-11/h2-8H,9H2,1H3. The maximum atomic E-state index is 12.0. The second kappa shape index (κ2) is 5.92. The molecule has 0 bridgehead atoms. The van der Waals surface area contributed by atoms with Crippen LogP contribution >= 0.6 is 0 Å². The lowest BCUT2D eigenvalue weighted by atomic mass is 10.1. The Morgan fingerprint density at radius 2 is 2.10 bits per heavy atom. The van der Waals surface area contributed by atoms with Crippen molar-refractivity contribution in [1.29, 1.82) is 0 Å². The molecule has 0 radical (unpaired) electrons. The summed E-state index contributed by atoms with van der Waals surface area (Å²) in [6, 6.07) is 9.67. The molecule has 6 nitrogen and oxygen atoms in total. The molecule has 2 rings (SSSR count). The fraction of sp³-hybridized carbons (Fsp3) is 0.143. The number of nitro benzene ring substituents is 1. The van der Waals surface area contributed by atoms with Crippen molar-refractivity contribution in [1.82, 2.24) is 4.98 Å². The molecule has 0 fully saturated rings. The fourth-order valence-electron chi connectivity index (χ4n) is 1.77. The van der Waals surface area contributed by atoms with Gasteiger partial charge in [-0.15, -0.1) is 0 Å². The molecule has 0 aliphatic carbocycles. The highest BCUT2D eigenvalue weighted by molar-refractivity contribution is 5.95. The van der Waals surface area contributed by atoms with E-state index in [1.165, 1.54) is 12.1 Å². The number of carbonyl (C=O) groups excluding carboxylic acids is 1. The molecule has 2 aromatic rings. The van der Waals surface area contributed by atoms with Gasteiger partial charge in [-0.05, 0) is 24.6 Å². The Kier molecular flexibility index (Phi) is 4.05. The predicted octanol–water partition coefficient (Wildman–Crippen LogP) is 2.66. The van der Waals surface area contributed by atoms with Crippen molar-refractivity contribution < 1.29 is 14.5 Å². The first-order valence-electron chi connectivity index (χ1n) is 5.90. The predicted molar refractivity (Wildman–Crippen MR) is 71.2 cm³/mol. The molecular formula is C14H12N2O4. The first-order valence-corrected chi connectivity index (χ1v) is 5.90. The van der Waals surface area contributed by atoms with Crippen LogP contribution < -0.4 is 0 Å². The second-order valence-corrected chi connectivity index (χ2v) is 4.12. The van der Waals surface area contributed by atoms with E-state index < -0.39 is 10.9 Å². The Labute approximate surface area is 115 Å². The average molecular weight is 272 g/mol. The number of carbonyl (C=O) groups is 1. The number of benzene rings is 1. The summed E-state index contributed by atoms with van der Waals surface area (Å²) in [6.45, 7) is 1.61. The molecule has 0 unspecified atom stereocenters. The minimum Gasteiger partial charge on any atom is -0.455 e. The molecule has 0 amide bonds. The quantitative estimate of drug-likeness (QED) is 0.485. The molecule has 0 saturated heterocycles. The van der Waals surface area contributed by atoms with Gasteiger partial charge in [0.15, 0.2) is 0 Å². The van der Waals surface area contributed by atoms with Crippen LogP contribution in [0.4, 0.5) is 5.69 Å². The number of ether oxygens (including phenoxy) is 1. The van der Waals surface area contributed by atoms with Gasteiger partial charge in [-0.1, -0.05) is 18.2 Å². The van der Waals surface area contributed by atoms with Crippen molar-refractivity contribution in [2.24, 2.45) is 0 Å². The van der Waals surface area contributed by atoms with Gasteiger partial charge in [0.05, 0.1) is 10.6 Å². The third kappa shape index (κ3) is 2.97. The molecule has 0 spiro atoms. The van der Waals surface area contributed by atoms with Gasteiger partial charge < -0.3 is 4.74 Å². The van der Waals surface area contributed by atoms with Crippen LogP contribution in [0, 0.1) is 17.0 Å². The summed E-state index contributed by atoms with van der Waals surface area (Å²) < 4.78 is 5.08. The molecule has 0 aliphatic heterocycles. The molecule has 0 atom stereocenters. The monoisotopic (exact) mass is 272 g/mol. The van der Waals surface area contributed by atoms with Gasteiger partial charge in [0.1, 0.15) is 12.2 Å². The second-order valence-electron chi connectivity index (χ2n) is 4.12. The lowest BCUT2D eigenvalue weighted by molar-refractivity contribution is -0.385. The minimum atomic E-state index is -0.722. The van der Waals surface area contributed by atoms with Gasteiger partial charge >= 0.3 is 5.97 Å². The van der Waals surface area contributed by atoms with Crippen molar-refractivity contribution in [3.8, 4) is 0 Å². The highest BCUT2D eigenvalue weighted by Gasteiger charge is 2.23. The average Bonchev–Trinajstić information content (AvgIpc) is 2.45. The summed E-state index contributed by atoms with van der Waals surface area (Å²) >= 11 is 0. The molecular weight excluding hydrogens is 260 g/mol. The highest BCUT2D eigenvalue weighted by atomic mass is 16.6. The Bertz CT molecular complexity index is 641. The van der Waals surface area contributed by atoms with Crippen LogP contribution in [-0.2, 0) is 11.3 Å². The number of aromatic nitrogens is 1. The molecule has 1 heterocycles. The number of rotatable bonds is 4. The molecule has 0 aliphatic rings. The first-order chi connectivity index (χ1) is 9.59. The number of esters is 1. The number of hydrogen-bond acceptors (Lipinski definition) is 5. The fourth-order valence-corrected chi connectivity index (χ4v) is 1.77. The lowest BCUT2D eigenvalue weighted by Gasteiger charge is -2.07. The summed E-state index contributed by atoms with van der Waals surface area (Å²) in [7, 11) is 0. The van der Waals surface area contributed by atoms with Gasteiger partial charge in [-0.3, -0.25) is 15.1 Å². The number of aryl methyl sites for hydroxylation is 1. The minimum absolute atomic E-state index is 0.0200. The zero-order valence-corrected chi connectivity index (χ0v) is 10.8. The summed E-state index contributed by atoms with van der Waals surface area (Å²) in [5, 5.41) is 10.9. The van der Waals surface area contributed by atoms with Crippen LogP contribution in [0.15, 0.2) is 42.6 Å². The number of nitro groups is 1. The van der Waals surface area contributed by atoms with E-state index in [-0.39, 0.29) is 17.9 Å². The Hall–Kier alpha value is -2.76. The van der Waals surface area contributed by atoms with Crippen LogP contribution in [-0.4, -0.2) is 15.9 Å². The Morgan fingerprint density at radius 1 is 1.30 bits per heavy atom. The van der Waals surface area contributed by atoms with E-state index in [0.717, 1.165) is 0 Å². The zero-order chi connectivity index (χ0) is 14.5. The molecule has 0 N–H and O–H groups in total. The van der Waals surface area contributed by atoms with Crippen molar-refractivity contribution in [3.05, 3.63) is 69.5 Å². The maximum Gasteiger partial charge on any atom is 0.345 e. The molecule has 6 heteroatoms. The summed E-state index contributed by atoms with van der Waals surface area (Å²) in [5.74, 6) is -0.722. The number of pyridine rings is 1. The van der Waals surface area contributed by atoms with Crippen LogP contribution in [0.1, 0.15) is 21.6 Å². The van der Waals surface area contributed by atoms with Crippen LogP contribution in [0.25, 0.3) is 0 Å². The summed E-state index contributed by atoms with van der Waals surface area (Å²) in [6.07, 6.45) is 1.58. The van der Waals surface area contributed by atoms with E-state index in [4.69, 9.17) is 4.74 Å². The van der Waals surface area contributed by atoms with Crippen molar-refractivity contribution >= 4 is 11.7 Å². The van der Waals surface area contributed by atoms with Crippen molar-refractivity contribution in [3.63, 3.8) is 0 Å². The zero-order valence-electron chi connectivity index (χ0n) is 10.8. The number of hydrogen-bond donors (Lipinski definition) is 0. The lowest BCUT2D eigenvalue weighted by Crippen LogP contribution is -2.10. The van der Waals surface area contributed by atoms with E-state index in [2.05, 4.69) is 4.98 Å². The van der Waals surface area contributed by atoms with Crippen LogP contribution in [0.2, 0.25) is 0 Å². The van der Waals surface area contributed by atoms with Crippen LogP contribution in [0.5, 0.6) is 0 Å². The van der Waals surface area contributed by atoms with Crippen molar-refractivity contribution in [2.45, 2.75) is 13.5 Å². The van der Waals surface area contributed by atoms with E-state index in [0.29, 0.717) is 11.3 Å². The summed E-state index contributed by atoms with van der Waals surface area (Å²) in [4.78, 5) is 26.4. The van der Waals surface area contributed by atoms with E-state index in [1.54, 1.807) is 37.4 Å². The Balaban J connectivity index is 2.19. The molecule has 20 heavy (non-hydrogen) atoms. The van der Waals surface area contributed by atoms with Gasteiger partial charge in [-0.25, -0.2) is 4.79 Å². The Morgan fingerprint density at radius 3 is 2.75 bits per heavy atom. The van der Waals surface area contributed by atoms with E-state index in [9.17, 15) is 14.9 Å². The molecule has 1 aromatic heterocycles. The van der Waals surface area contributed by atoms with Crippen LogP contribution in [0.3, 0.4) is 0 Å². The number of nitrogens with zero attached hydrogens (tertiary/aromatic N) is 2. The third-order valence-corrected chi connectivity index (χ3v) is 2.73. The summed E-state index contributed by atoms with van der Waals surface area (Å²) in [5.41, 5.74) is 0.812. The van der Waals surface area contributed by atoms with Gasteiger partial charge in [-0.2, -0.15) is 0 Å².